The average Bonchev–Trinajstić information content (AvgIpc) is 2.36. The molecule has 102 valence electrons. The third-order valence-electron chi connectivity index (χ3n) is 2.39. The second-order valence-corrected chi connectivity index (χ2v) is 4.39. The third-order valence-corrected chi connectivity index (χ3v) is 2.39. The van der Waals surface area contributed by atoms with Crippen molar-refractivity contribution in [3.05, 3.63) is 11.9 Å². The molecule has 6 nitrogen and oxygen atoms in total. The maximum Gasteiger partial charge on any atom is 0.135 e. The fourth-order valence-electron chi connectivity index (χ4n) is 1.42. The van der Waals surface area contributed by atoms with E-state index in [1.165, 1.54) is 0 Å². The van der Waals surface area contributed by atoms with Gasteiger partial charge in [0.05, 0.1) is 12.7 Å². The first-order valence-corrected chi connectivity index (χ1v) is 6.04. The van der Waals surface area contributed by atoms with Crippen molar-refractivity contribution in [2.45, 2.75) is 25.9 Å². The SMILES string of the molecule is CNc1cc(NCC(O)COC)nc(C(C)C)n1. The Labute approximate surface area is 108 Å². The molecule has 0 aliphatic heterocycles. The summed E-state index contributed by atoms with van der Waals surface area (Å²) >= 11 is 0. The van der Waals surface area contributed by atoms with Gasteiger partial charge in [-0.2, -0.15) is 0 Å². The van der Waals surface area contributed by atoms with Gasteiger partial charge >= 0.3 is 0 Å². The van der Waals surface area contributed by atoms with Gasteiger partial charge in [-0.1, -0.05) is 13.8 Å². The first-order chi connectivity index (χ1) is 8.56. The molecule has 0 aromatic carbocycles. The molecule has 0 aliphatic carbocycles. The number of methoxy groups -OCH3 is 1. The number of aromatic nitrogens is 2. The number of hydrogen-bond donors (Lipinski definition) is 3. The van der Waals surface area contributed by atoms with E-state index in [9.17, 15) is 5.11 Å². The first-order valence-electron chi connectivity index (χ1n) is 6.04. The summed E-state index contributed by atoms with van der Waals surface area (Å²) in [5.41, 5.74) is 0. The summed E-state index contributed by atoms with van der Waals surface area (Å²) in [7, 11) is 3.37. The minimum Gasteiger partial charge on any atom is -0.389 e. The second kappa shape index (κ2) is 7.13. The largest absolute Gasteiger partial charge is 0.389 e. The van der Waals surface area contributed by atoms with Crippen LogP contribution in [0.2, 0.25) is 0 Å². The molecular weight excluding hydrogens is 232 g/mol. The molecule has 1 unspecified atom stereocenters. The van der Waals surface area contributed by atoms with Crippen molar-refractivity contribution < 1.29 is 9.84 Å². The van der Waals surface area contributed by atoms with E-state index < -0.39 is 6.10 Å². The molecule has 0 radical (unpaired) electrons. The van der Waals surface area contributed by atoms with Gasteiger partial charge < -0.3 is 20.5 Å². The molecule has 0 amide bonds. The topological polar surface area (TPSA) is 79.3 Å². The van der Waals surface area contributed by atoms with Crippen molar-refractivity contribution in [1.29, 1.82) is 0 Å². The molecule has 1 aromatic heterocycles. The zero-order chi connectivity index (χ0) is 13.5. The van der Waals surface area contributed by atoms with Gasteiger partial charge in [-0.25, -0.2) is 9.97 Å². The van der Waals surface area contributed by atoms with Crippen LogP contribution in [0.3, 0.4) is 0 Å². The van der Waals surface area contributed by atoms with Crippen LogP contribution < -0.4 is 10.6 Å². The molecule has 1 aromatic rings. The highest BCUT2D eigenvalue weighted by Gasteiger charge is 2.09. The molecule has 1 heterocycles. The maximum atomic E-state index is 9.57. The Bertz CT molecular complexity index is 371. The number of aliphatic hydroxyl groups excluding tert-OH is 1. The Hall–Kier alpha value is -1.40. The van der Waals surface area contributed by atoms with Crippen molar-refractivity contribution >= 4 is 11.6 Å². The molecule has 0 fully saturated rings. The quantitative estimate of drug-likeness (QED) is 0.675. The van der Waals surface area contributed by atoms with Crippen molar-refractivity contribution in [2.24, 2.45) is 0 Å². The molecule has 0 bridgehead atoms. The zero-order valence-corrected chi connectivity index (χ0v) is 11.4. The number of nitrogens with zero attached hydrogens (tertiary/aromatic N) is 2. The smallest absolute Gasteiger partial charge is 0.135 e. The lowest BCUT2D eigenvalue weighted by Crippen LogP contribution is -2.24. The van der Waals surface area contributed by atoms with Crippen molar-refractivity contribution in [3.63, 3.8) is 0 Å². The lowest BCUT2D eigenvalue weighted by Gasteiger charge is -2.14. The van der Waals surface area contributed by atoms with Gasteiger partial charge in [0.15, 0.2) is 0 Å². The van der Waals surface area contributed by atoms with Crippen LogP contribution >= 0.6 is 0 Å². The van der Waals surface area contributed by atoms with E-state index >= 15 is 0 Å². The Morgan fingerprint density at radius 1 is 1.33 bits per heavy atom. The molecule has 0 saturated carbocycles. The molecular formula is C12H22N4O2. The van der Waals surface area contributed by atoms with Crippen LogP contribution in [0.1, 0.15) is 25.6 Å². The molecule has 1 rings (SSSR count). The number of nitrogens with one attached hydrogen (secondary N) is 2. The number of ether oxygens (including phenoxy) is 1. The minimum atomic E-state index is -0.550. The van der Waals surface area contributed by atoms with E-state index in [1.807, 2.05) is 27.0 Å². The summed E-state index contributed by atoms with van der Waals surface area (Å²) in [6.07, 6.45) is -0.550. The first kappa shape index (κ1) is 14.7. The van der Waals surface area contributed by atoms with Crippen LogP contribution in [-0.2, 0) is 4.74 Å². The normalized spacial score (nSPS) is 12.6. The third kappa shape index (κ3) is 4.46. The van der Waals surface area contributed by atoms with Gasteiger partial charge in [0.25, 0.3) is 0 Å². The van der Waals surface area contributed by atoms with Gasteiger partial charge in [-0.15, -0.1) is 0 Å². The molecule has 1 atom stereocenters. The van der Waals surface area contributed by atoms with Gasteiger partial charge in [-0.05, 0) is 0 Å². The summed E-state index contributed by atoms with van der Waals surface area (Å²) in [5.74, 6) is 2.49. The Morgan fingerprint density at radius 2 is 2.00 bits per heavy atom. The highest BCUT2D eigenvalue weighted by atomic mass is 16.5. The second-order valence-electron chi connectivity index (χ2n) is 4.39. The predicted octanol–water partition coefficient (Wildman–Crippen LogP) is 1.06. The molecule has 18 heavy (non-hydrogen) atoms. The average molecular weight is 254 g/mol. The van der Waals surface area contributed by atoms with Crippen LogP contribution in [-0.4, -0.2) is 48.5 Å². The van der Waals surface area contributed by atoms with Crippen molar-refractivity contribution in [2.75, 3.05) is 37.9 Å². The fraction of sp³-hybridized carbons (Fsp3) is 0.667. The number of aliphatic hydroxyl groups is 1. The minimum absolute atomic E-state index is 0.253. The van der Waals surface area contributed by atoms with Crippen LogP contribution in [0.25, 0.3) is 0 Å². The summed E-state index contributed by atoms with van der Waals surface area (Å²) in [6.45, 7) is 4.77. The van der Waals surface area contributed by atoms with Gasteiger partial charge in [-0.3, -0.25) is 0 Å². The summed E-state index contributed by atoms with van der Waals surface area (Å²) in [6, 6.07) is 1.81. The van der Waals surface area contributed by atoms with E-state index in [0.717, 1.165) is 11.6 Å². The van der Waals surface area contributed by atoms with Crippen molar-refractivity contribution in [1.82, 2.24) is 9.97 Å². The van der Waals surface area contributed by atoms with E-state index in [1.54, 1.807) is 7.11 Å². The van der Waals surface area contributed by atoms with E-state index in [2.05, 4.69) is 20.6 Å². The number of anilines is 2. The van der Waals surface area contributed by atoms with E-state index in [0.29, 0.717) is 19.0 Å². The lowest BCUT2D eigenvalue weighted by molar-refractivity contribution is 0.0727. The summed E-state index contributed by atoms with van der Waals surface area (Å²) in [4.78, 5) is 8.76. The molecule has 0 spiro atoms. The summed E-state index contributed by atoms with van der Waals surface area (Å²) < 4.78 is 4.86. The molecule has 3 N–H and O–H groups in total. The van der Waals surface area contributed by atoms with Gasteiger partial charge in [0, 0.05) is 32.7 Å². The molecule has 0 saturated heterocycles. The Kier molecular flexibility index (Phi) is 5.80. The van der Waals surface area contributed by atoms with Crippen molar-refractivity contribution in [3.8, 4) is 0 Å². The highest BCUT2D eigenvalue weighted by molar-refractivity contribution is 5.47. The van der Waals surface area contributed by atoms with E-state index in [4.69, 9.17) is 4.74 Å². The number of hydrogen-bond acceptors (Lipinski definition) is 6. The molecule has 0 aliphatic rings. The zero-order valence-electron chi connectivity index (χ0n) is 11.4. The van der Waals surface area contributed by atoms with Crippen LogP contribution in [0.4, 0.5) is 11.6 Å². The fourth-order valence-corrected chi connectivity index (χ4v) is 1.42. The van der Waals surface area contributed by atoms with E-state index in [-0.39, 0.29) is 5.92 Å². The van der Waals surface area contributed by atoms with Crippen LogP contribution in [0.15, 0.2) is 6.07 Å². The molecule has 6 heteroatoms. The monoisotopic (exact) mass is 254 g/mol. The summed E-state index contributed by atoms with van der Waals surface area (Å²) in [5, 5.41) is 15.6. The Morgan fingerprint density at radius 3 is 2.56 bits per heavy atom. The lowest BCUT2D eigenvalue weighted by atomic mass is 10.2. The number of rotatable bonds is 7. The highest BCUT2D eigenvalue weighted by Crippen LogP contribution is 2.16. The Balaban J connectivity index is 2.72. The van der Waals surface area contributed by atoms with Crippen LogP contribution in [0.5, 0.6) is 0 Å². The standard InChI is InChI=1S/C12H22N4O2/c1-8(2)12-15-10(13-3)5-11(16-12)14-6-9(17)7-18-4/h5,8-9,17H,6-7H2,1-4H3,(H2,13,14,15,16). The predicted molar refractivity (Wildman–Crippen MR) is 72.0 cm³/mol. The van der Waals surface area contributed by atoms with Gasteiger partial charge in [0.2, 0.25) is 0 Å². The van der Waals surface area contributed by atoms with Crippen LogP contribution in [0, 0.1) is 0 Å². The van der Waals surface area contributed by atoms with Gasteiger partial charge in [0.1, 0.15) is 17.5 Å². The maximum absolute atomic E-state index is 9.57.